The minimum atomic E-state index is 0.242. The van der Waals surface area contributed by atoms with Crippen molar-refractivity contribution in [3.05, 3.63) is 91.9 Å². The van der Waals surface area contributed by atoms with Crippen LogP contribution in [0.1, 0.15) is 29.7 Å². The molecule has 0 bridgehead atoms. The fraction of sp³-hybridized carbons (Fsp3) is 0.217. The zero-order chi connectivity index (χ0) is 20.8. The highest BCUT2D eigenvalue weighted by atomic mass is 79.9. The third kappa shape index (κ3) is 5.89. The zero-order valence-corrected chi connectivity index (χ0v) is 19.3. The Hall–Kier alpha value is -1.72. The van der Waals surface area contributed by atoms with E-state index >= 15 is 0 Å². The predicted molar refractivity (Wildman–Crippen MR) is 123 cm³/mol. The van der Waals surface area contributed by atoms with Crippen LogP contribution in [0.4, 0.5) is 0 Å². The van der Waals surface area contributed by atoms with Crippen LogP contribution in [0, 0.1) is 0 Å². The Bertz CT molecular complexity index is 967. The maximum absolute atomic E-state index is 6.08. The average Bonchev–Trinajstić information content (AvgIpc) is 2.73. The van der Waals surface area contributed by atoms with E-state index < -0.39 is 0 Å². The van der Waals surface area contributed by atoms with Gasteiger partial charge in [-0.05, 0) is 63.8 Å². The quantitative estimate of drug-likeness (QED) is 0.359. The van der Waals surface area contributed by atoms with E-state index in [9.17, 15) is 0 Å². The lowest BCUT2D eigenvalue weighted by Gasteiger charge is -2.17. The van der Waals surface area contributed by atoms with Crippen molar-refractivity contribution in [1.29, 1.82) is 0 Å². The number of hydrogen-bond acceptors (Lipinski definition) is 3. The molecule has 1 atom stereocenters. The SMILES string of the molecule is COc1cc(CN[C@H](C)c2ccccc2)cc(Br)c1OCc1ccc(Cl)c(Cl)c1. The van der Waals surface area contributed by atoms with Crippen molar-refractivity contribution < 1.29 is 9.47 Å². The third-order valence-corrected chi connectivity index (χ3v) is 5.90. The second-order valence-corrected chi connectivity index (χ2v) is 8.33. The smallest absolute Gasteiger partial charge is 0.175 e. The lowest BCUT2D eigenvalue weighted by atomic mass is 10.1. The first-order valence-electron chi connectivity index (χ1n) is 9.19. The van der Waals surface area contributed by atoms with Gasteiger partial charge in [-0.3, -0.25) is 0 Å². The topological polar surface area (TPSA) is 30.5 Å². The van der Waals surface area contributed by atoms with Crippen molar-refractivity contribution >= 4 is 39.1 Å². The molecular weight excluding hydrogens is 473 g/mol. The first kappa shape index (κ1) is 22.0. The molecule has 0 amide bonds. The molecule has 0 spiro atoms. The predicted octanol–water partition coefficient (Wildman–Crippen LogP) is 7.19. The molecule has 3 rings (SSSR count). The molecule has 3 nitrogen and oxygen atoms in total. The van der Waals surface area contributed by atoms with E-state index in [-0.39, 0.29) is 6.04 Å². The molecule has 0 aromatic heterocycles. The van der Waals surface area contributed by atoms with Crippen LogP contribution in [0.25, 0.3) is 0 Å². The fourth-order valence-corrected chi connectivity index (χ4v) is 3.86. The maximum atomic E-state index is 6.08. The Morgan fingerprint density at radius 1 is 0.966 bits per heavy atom. The summed E-state index contributed by atoms with van der Waals surface area (Å²) in [5.41, 5.74) is 3.27. The van der Waals surface area contributed by atoms with E-state index in [0.717, 1.165) is 15.6 Å². The van der Waals surface area contributed by atoms with E-state index in [1.165, 1.54) is 5.56 Å². The van der Waals surface area contributed by atoms with Crippen molar-refractivity contribution in [1.82, 2.24) is 5.32 Å². The standard InChI is InChI=1S/C23H22BrCl2NO2/c1-15(18-6-4-3-5-7-18)27-13-17-10-19(24)23(22(12-17)28-2)29-14-16-8-9-20(25)21(26)11-16/h3-12,15,27H,13-14H2,1-2H3/t15-/m1/s1. The Balaban J connectivity index is 1.69. The van der Waals surface area contributed by atoms with Gasteiger partial charge in [-0.25, -0.2) is 0 Å². The van der Waals surface area contributed by atoms with Gasteiger partial charge in [0.15, 0.2) is 11.5 Å². The molecule has 0 aliphatic rings. The first-order chi connectivity index (χ1) is 14.0. The monoisotopic (exact) mass is 493 g/mol. The van der Waals surface area contributed by atoms with E-state index in [2.05, 4.69) is 40.3 Å². The minimum Gasteiger partial charge on any atom is -0.493 e. The molecular formula is C23H22BrCl2NO2. The number of benzene rings is 3. The molecule has 3 aromatic rings. The van der Waals surface area contributed by atoms with E-state index in [0.29, 0.717) is 34.7 Å². The van der Waals surface area contributed by atoms with Crippen LogP contribution in [0.3, 0.4) is 0 Å². The zero-order valence-electron chi connectivity index (χ0n) is 16.2. The lowest BCUT2D eigenvalue weighted by Crippen LogP contribution is -2.18. The number of methoxy groups -OCH3 is 1. The van der Waals surface area contributed by atoms with E-state index in [1.54, 1.807) is 19.2 Å². The van der Waals surface area contributed by atoms with Crippen LogP contribution in [0.2, 0.25) is 10.0 Å². The highest BCUT2D eigenvalue weighted by Crippen LogP contribution is 2.37. The van der Waals surface area contributed by atoms with Crippen LogP contribution in [0.5, 0.6) is 11.5 Å². The highest BCUT2D eigenvalue weighted by Gasteiger charge is 2.13. The fourth-order valence-electron chi connectivity index (χ4n) is 2.93. The summed E-state index contributed by atoms with van der Waals surface area (Å²) >= 11 is 15.7. The Labute approximate surface area is 190 Å². The Morgan fingerprint density at radius 2 is 1.72 bits per heavy atom. The average molecular weight is 495 g/mol. The van der Waals surface area contributed by atoms with Gasteiger partial charge in [-0.2, -0.15) is 0 Å². The van der Waals surface area contributed by atoms with Crippen molar-refractivity contribution in [2.45, 2.75) is 26.1 Å². The number of rotatable bonds is 8. The molecule has 152 valence electrons. The highest BCUT2D eigenvalue weighted by molar-refractivity contribution is 9.10. The maximum Gasteiger partial charge on any atom is 0.175 e. The number of halogens is 3. The van der Waals surface area contributed by atoms with E-state index in [4.69, 9.17) is 32.7 Å². The number of hydrogen-bond donors (Lipinski definition) is 1. The van der Waals surface area contributed by atoms with Gasteiger partial charge in [-0.15, -0.1) is 0 Å². The Kier molecular flexibility index (Phi) is 7.84. The van der Waals surface area contributed by atoms with Crippen molar-refractivity contribution in [2.75, 3.05) is 7.11 Å². The third-order valence-electron chi connectivity index (χ3n) is 4.57. The molecule has 29 heavy (non-hydrogen) atoms. The van der Waals surface area contributed by atoms with Gasteiger partial charge in [0.1, 0.15) is 6.61 Å². The normalized spacial score (nSPS) is 11.9. The molecule has 0 aliphatic carbocycles. The van der Waals surface area contributed by atoms with Crippen molar-refractivity contribution in [3.8, 4) is 11.5 Å². The molecule has 0 unspecified atom stereocenters. The van der Waals surface area contributed by atoms with Crippen LogP contribution < -0.4 is 14.8 Å². The molecule has 0 saturated carbocycles. The number of nitrogens with one attached hydrogen (secondary N) is 1. The second-order valence-electron chi connectivity index (χ2n) is 6.66. The van der Waals surface area contributed by atoms with Gasteiger partial charge in [-0.1, -0.05) is 59.6 Å². The minimum absolute atomic E-state index is 0.242. The summed E-state index contributed by atoms with van der Waals surface area (Å²) in [6.45, 7) is 3.21. The molecule has 0 aliphatic heterocycles. The number of ether oxygens (including phenoxy) is 2. The first-order valence-corrected chi connectivity index (χ1v) is 10.7. The molecule has 0 fully saturated rings. The summed E-state index contributed by atoms with van der Waals surface area (Å²) < 4.78 is 12.4. The molecule has 0 saturated heterocycles. The van der Waals surface area contributed by atoms with Gasteiger partial charge in [0.05, 0.1) is 21.6 Å². The van der Waals surface area contributed by atoms with Gasteiger partial charge >= 0.3 is 0 Å². The molecule has 6 heteroatoms. The second kappa shape index (κ2) is 10.4. The van der Waals surface area contributed by atoms with Crippen LogP contribution in [0.15, 0.2) is 65.1 Å². The summed E-state index contributed by atoms with van der Waals surface area (Å²) in [5.74, 6) is 1.32. The largest absolute Gasteiger partial charge is 0.493 e. The summed E-state index contributed by atoms with van der Waals surface area (Å²) in [6, 6.07) is 20.1. The molecule has 0 radical (unpaired) electrons. The van der Waals surface area contributed by atoms with Gasteiger partial charge in [0.25, 0.3) is 0 Å². The van der Waals surface area contributed by atoms with Gasteiger partial charge < -0.3 is 14.8 Å². The molecule has 1 N–H and O–H groups in total. The van der Waals surface area contributed by atoms with Crippen molar-refractivity contribution in [2.24, 2.45) is 0 Å². The summed E-state index contributed by atoms with van der Waals surface area (Å²) in [7, 11) is 1.64. The molecule has 3 aromatic carbocycles. The van der Waals surface area contributed by atoms with Gasteiger partial charge in [0, 0.05) is 12.6 Å². The summed E-state index contributed by atoms with van der Waals surface area (Å²) in [5, 5.41) is 4.57. The van der Waals surface area contributed by atoms with Gasteiger partial charge in [0.2, 0.25) is 0 Å². The van der Waals surface area contributed by atoms with E-state index in [1.807, 2.05) is 36.4 Å². The van der Waals surface area contributed by atoms with Crippen molar-refractivity contribution in [3.63, 3.8) is 0 Å². The van der Waals surface area contributed by atoms with Crippen LogP contribution in [-0.2, 0) is 13.2 Å². The summed E-state index contributed by atoms with van der Waals surface area (Å²) in [4.78, 5) is 0. The van der Waals surface area contributed by atoms with Crippen LogP contribution >= 0.6 is 39.1 Å². The summed E-state index contributed by atoms with van der Waals surface area (Å²) in [6.07, 6.45) is 0. The molecule has 0 heterocycles. The van der Waals surface area contributed by atoms with Crippen LogP contribution in [-0.4, -0.2) is 7.11 Å². The Morgan fingerprint density at radius 3 is 2.41 bits per heavy atom. The lowest BCUT2D eigenvalue weighted by molar-refractivity contribution is 0.282.